The van der Waals surface area contributed by atoms with Crippen molar-refractivity contribution in [3.05, 3.63) is 188 Å². The molecule has 60 heavy (non-hydrogen) atoms. The Hall–Kier alpha value is -7.45. The Bertz CT molecular complexity index is 3580. The smallest absolute Gasteiger partial charge is 0.160 e. The number of hydrogen-bond donors (Lipinski definition) is 0. The van der Waals surface area contributed by atoms with E-state index in [2.05, 4.69) is 166 Å². The van der Waals surface area contributed by atoms with Crippen molar-refractivity contribution in [1.82, 2.24) is 23.7 Å². The zero-order valence-electron chi connectivity index (χ0n) is 32.0. The molecule has 0 aliphatic rings. The van der Waals surface area contributed by atoms with Gasteiger partial charge in [-0.2, -0.15) is 8.75 Å². The maximum atomic E-state index is 5.15. The molecule has 0 amide bonds. The number of nitrogens with zero attached hydrogens (tertiary/aromatic N) is 5. The molecule has 0 aliphatic carbocycles. The summed E-state index contributed by atoms with van der Waals surface area (Å²) in [6, 6.07) is 66.2. The highest BCUT2D eigenvalue weighted by atomic mass is 32.1. The quantitative estimate of drug-likeness (QED) is 0.157. The van der Waals surface area contributed by atoms with Crippen LogP contribution in [0.25, 0.3) is 120 Å². The molecule has 4 heterocycles. The number of hydrogen-bond acceptors (Lipinski definition) is 7. The first-order valence-electron chi connectivity index (χ1n) is 19.8. The summed E-state index contributed by atoms with van der Waals surface area (Å²) < 4.78 is 11.8. The summed E-state index contributed by atoms with van der Waals surface area (Å²) >= 11 is 3.11. The third-order valence-electron chi connectivity index (χ3n) is 11.4. The van der Waals surface area contributed by atoms with Gasteiger partial charge in [0.05, 0.1) is 34.3 Å². The molecule has 7 heteroatoms. The van der Waals surface area contributed by atoms with Gasteiger partial charge in [0, 0.05) is 58.6 Å². The summed E-state index contributed by atoms with van der Waals surface area (Å²) in [7, 11) is 0. The van der Waals surface area contributed by atoms with E-state index in [-0.39, 0.29) is 0 Å². The molecule has 8 aromatic carbocycles. The average molecular weight is 802 g/mol. The zero-order chi connectivity index (χ0) is 39.6. The lowest BCUT2D eigenvalue weighted by molar-refractivity contribution is 1.18. The number of fused-ring (bicyclic) bond motifs is 8. The van der Waals surface area contributed by atoms with Crippen molar-refractivity contribution in [3.63, 3.8) is 0 Å². The minimum atomic E-state index is 0.698. The standard InChI is InChI=1S/C53H31N5S2/c1-2-9-38(10-3-1)53-55-46(31-47(56-53)36-25-21-34(22-26-36)39-13-8-14-41-40-11-5-7-16-48(40)59-52(39)41)35-23-17-32(18-24-35)33-19-27-37(28-20-33)50-43-29-30-45-51(58-60-57-45)49(43)42-12-4-6-15-44(42)54-50/h1-31H. The predicted molar refractivity (Wildman–Crippen MR) is 251 cm³/mol. The van der Waals surface area contributed by atoms with Crippen LogP contribution in [0.4, 0.5) is 0 Å². The Morgan fingerprint density at radius 3 is 1.73 bits per heavy atom. The molecular formula is C53H31N5S2. The van der Waals surface area contributed by atoms with E-state index in [1.165, 1.54) is 43.0 Å². The Kier molecular flexibility index (Phi) is 8.14. The van der Waals surface area contributed by atoms with Crippen LogP contribution >= 0.6 is 23.1 Å². The van der Waals surface area contributed by atoms with Gasteiger partial charge in [-0.15, -0.1) is 11.3 Å². The normalized spacial score (nSPS) is 11.7. The van der Waals surface area contributed by atoms with Gasteiger partial charge in [-0.1, -0.05) is 158 Å². The van der Waals surface area contributed by atoms with Gasteiger partial charge in [-0.25, -0.2) is 15.0 Å². The third kappa shape index (κ3) is 5.86. The van der Waals surface area contributed by atoms with E-state index < -0.39 is 0 Å². The molecule has 0 saturated carbocycles. The zero-order valence-corrected chi connectivity index (χ0v) is 33.6. The summed E-state index contributed by atoms with van der Waals surface area (Å²) in [5.41, 5.74) is 14.3. The molecule has 0 spiro atoms. The Morgan fingerprint density at radius 2 is 0.983 bits per heavy atom. The summed E-state index contributed by atoms with van der Waals surface area (Å²) in [6.45, 7) is 0. The van der Waals surface area contributed by atoms with Crippen molar-refractivity contribution in [2.75, 3.05) is 0 Å². The van der Waals surface area contributed by atoms with Gasteiger partial charge in [0.25, 0.3) is 0 Å². The van der Waals surface area contributed by atoms with Crippen molar-refractivity contribution < 1.29 is 0 Å². The molecule has 0 saturated heterocycles. The van der Waals surface area contributed by atoms with Crippen LogP contribution < -0.4 is 0 Å². The van der Waals surface area contributed by atoms with Crippen LogP contribution in [0.1, 0.15) is 0 Å². The second-order valence-corrected chi connectivity index (χ2v) is 16.5. The maximum Gasteiger partial charge on any atom is 0.160 e. The number of pyridine rings is 1. The van der Waals surface area contributed by atoms with Crippen molar-refractivity contribution in [3.8, 4) is 67.4 Å². The molecule has 0 aliphatic heterocycles. The molecule has 0 unspecified atom stereocenters. The maximum absolute atomic E-state index is 5.15. The topological polar surface area (TPSA) is 64.5 Å². The fraction of sp³-hybridized carbons (Fsp3) is 0. The Balaban J connectivity index is 0.879. The van der Waals surface area contributed by atoms with Gasteiger partial charge < -0.3 is 0 Å². The van der Waals surface area contributed by atoms with Crippen molar-refractivity contribution in [2.24, 2.45) is 0 Å². The number of benzene rings is 8. The van der Waals surface area contributed by atoms with E-state index in [4.69, 9.17) is 15.0 Å². The molecule has 4 aromatic heterocycles. The van der Waals surface area contributed by atoms with E-state index in [1.807, 2.05) is 41.7 Å². The summed E-state index contributed by atoms with van der Waals surface area (Å²) in [5, 5.41) is 5.88. The molecule has 0 bridgehead atoms. The lowest BCUT2D eigenvalue weighted by atomic mass is 9.96. The second kappa shape index (κ2) is 14.1. The molecule has 12 rings (SSSR count). The molecule has 12 aromatic rings. The minimum Gasteiger partial charge on any atom is -0.247 e. The van der Waals surface area contributed by atoms with E-state index in [0.717, 1.165) is 83.2 Å². The lowest BCUT2D eigenvalue weighted by Gasteiger charge is -2.12. The van der Waals surface area contributed by atoms with Crippen LogP contribution in [0.5, 0.6) is 0 Å². The summed E-state index contributed by atoms with van der Waals surface area (Å²) in [6.07, 6.45) is 0. The van der Waals surface area contributed by atoms with E-state index in [9.17, 15) is 0 Å². The molecule has 0 fully saturated rings. The van der Waals surface area contributed by atoms with Gasteiger partial charge in [0.2, 0.25) is 0 Å². The van der Waals surface area contributed by atoms with Gasteiger partial charge in [0.15, 0.2) is 5.82 Å². The highest BCUT2D eigenvalue weighted by Crippen LogP contribution is 2.41. The van der Waals surface area contributed by atoms with Crippen LogP contribution in [-0.2, 0) is 0 Å². The van der Waals surface area contributed by atoms with Gasteiger partial charge in [-0.05, 0) is 52.6 Å². The van der Waals surface area contributed by atoms with E-state index in [0.29, 0.717) is 5.82 Å². The van der Waals surface area contributed by atoms with Crippen LogP contribution in [0, 0.1) is 0 Å². The van der Waals surface area contributed by atoms with Crippen LogP contribution in [0.15, 0.2) is 188 Å². The van der Waals surface area contributed by atoms with E-state index in [1.54, 1.807) is 0 Å². The van der Waals surface area contributed by atoms with Crippen LogP contribution in [0.2, 0.25) is 0 Å². The number of aromatic nitrogens is 5. The second-order valence-electron chi connectivity index (χ2n) is 14.9. The van der Waals surface area contributed by atoms with Crippen LogP contribution in [0.3, 0.4) is 0 Å². The van der Waals surface area contributed by atoms with Crippen molar-refractivity contribution in [1.29, 1.82) is 0 Å². The average Bonchev–Trinajstić information content (AvgIpc) is 3.97. The highest BCUT2D eigenvalue weighted by Gasteiger charge is 2.17. The lowest BCUT2D eigenvalue weighted by Crippen LogP contribution is -1.96. The van der Waals surface area contributed by atoms with Crippen LogP contribution in [-0.4, -0.2) is 23.7 Å². The van der Waals surface area contributed by atoms with Gasteiger partial charge in [0.1, 0.15) is 11.0 Å². The predicted octanol–water partition coefficient (Wildman–Crippen LogP) is 14.6. The SMILES string of the molecule is c1ccc(-c2nc(-c3ccc(-c4ccc(-c5nc6ccccc6c6c5ccc5nsnc56)cc4)cc3)cc(-c3ccc(-c4cccc5c4sc4ccccc45)cc3)n2)cc1. The van der Waals surface area contributed by atoms with Gasteiger partial charge in [-0.3, -0.25) is 0 Å². The first kappa shape index (κ1) is 34.6. The third-order valence-corrected chi connectivity index (χ3v) is 13.2. The Morgan fingerprint density at radius 1 is 0.367 bits per heavy atom. The molecular weight excluding hydrogens is 771 g/mol. The first-order valence-corrected chi connectivity index (χ1v) is 21.4. The molecule has 0 radical (unpaired) electrons. The first-order chi connectivity index (χ1) is 29.7. The number of para-hydroxylation sites is 1. The molecule has 5 nitrogen and oxygen atoms in total. The molecule has 0 N–H and O–H groups in total. The van der Waals surface area contributed by atoms with Crippen molar-refractivity contribution in [2.45, 2.75) is 0 Å². The molecule has 0 atom stereocenters. The summed E-state index contributed by atoms with van der Waals surface area (Å²) in [5.74, 6) is 0.698. The fourth-order valence-corrected chi connectivity index (χ4v) is 10.2. The number of rotatable bonds is 6. The number of thiophene rings is 1. The largest absolute Gasteiger partial charge is 0.247 e. The van der Waals surface area contributed by atoms with Crippen molar-refractivity contribution >= 4 is 75.9 Å². The molecule has 280 valence electrons. The summed E-state index contributed by atoms with van der Waals surface area (Å²) in [4.78, 5) is 15.4. The van der Waals surface area contributed by atoms with Gasteiger partial charge >= 0.3 is 0 Å². The highest BCUT2D eigenvalue weighted by molar-refractivity contribution is 7.26. The monoisotopic (exact) mass is 801 g/mol. The van der Waals surface area contributed by atoms with E-state index >= 15 is 0 Å². The Labute approximate surface area is 353 Å². The minimum absolute atomic E-state index is 0.698. The fourth-order valence-electron chi connectivity index (χ4n) is 8.41.